The van der Waals surface area contributed by atoms with Crippen molar-refractivity contribution in [1.29, 1.82) is 0 Å². The number of rotatable bonds is 4. The molecular weight excluding hydrogens is 312 g/mol. The lowest BCUT2D eigenvalue weighted by atomic mass is 9.86. The topological polar surface area (TPSA) is 35.5 Å². The van der Waals surface area contributed by atoms with Crippen LogP contribution in [0, 0.1) is 13.8 Å². The van der Waals surface area contributed by atoms with E-state index < -0.39 is 0 Å². The van der Waals surface area contributed by atoms with Crippen molar-refractivity contribution in [3.05, 3.63) is 58.1 Å². The van der Waals surface area contributed by atoms with Crippen LogP contribution in [0.2, 0.25) is 0 Å². The molecule has 2 aromatic rings. The van der Waals surface area contributed by atoms with E-state index in [1.807, 2.05) is 37.3 Å². The van der Waals surface area contributed by atoms with E-state index >= 15 is 0 Å². The van der Waals surface area contributed by atoms with Gasteiger partial charge in [0.15, 0.2) is 5.78 Å². The van der Waals surface area contributed by atoms with Gasteiger partial charge in [0.2, 0.25) is 0 Å². The normalized spacial score (nSPS) is 15.2. The minimum absolute atomic E-state index is 0.0331. The molecule has 0 aliphatic carbocycles. The summed E-state index contributed by atoms with van der Waals surface area (Å²) in [5, 5.41) is 0. The molecule has 3 nitrogen and oxygen atoms in total. The summed E-state index contributed by atoms with van der Waals surface area (Å²) in [5.74, 6) is 1.60. The SMILES string of the molecule is CC(=O)c1c2c(c(C)c(C)c1OCc1ccccc1)OC(C)(C)CC2. The largest absolute Gasteiger partial charge is 0.488 e. The lowest BCUT2D eigenvalue weighted by Crippen LogP contribution is -2.34. The zero-order chi connectivity index (χ0) is 18.2. The second-order valence-corrected chi connectivity index (χ2v) is 7.45. The van der Waals surface area contributed by atoms with E-state index in [1.165, 1.54) is 0 Å². The Hall–Kier alpha value is -2.29. The fourth-order valence-corrected chi connectivity index (χ4v) is 3.42. The Labute approximate surface area is 150 Å². The average molecular weight is 338 g/mol. The third-order valence-electron chi connectivity index (χ3n) is 4.98. The molecule has 0 saturated heterocycles. The van der Waals surface area contributed by atoms with Gasteiger partial charge in [-0.05, 0) is 64.2 Å². The maximum absolute atomic E-state index is 12.4. The summed E-state index contributed by atoms with van der Waals surface area (Å²) in [4.78, 5) is 12.4. The van der Waals surface area contributed by atoms with Crippen LogP contribution >= 0.6 is 0 Å². The van der Waals surface area contributed by atoms with E-state index in [0.717, 1.165) is 40.8 Å². The number of hydrogen-bond donors (Lipinski definition) is 0. The standard InChI is InChI=1S/C22H26O3/c1-14-15(2)21(24-13-17-9-7-6-8-10-17)19(16(3)23)18-11-12-22(4,5)25-20(14)18/h6-10H,11-13H2,1-5H3. The van der Waals surface area contributed by atoms with Crippen molar-refractivity contribution in [2.45, 2.75) is 59.7 Å². The van der Waals surface area contributed by atoms with E-state index in [4.69, 9.17) is 9.47 Å². The fourth-order valence-electron chi connectivity index (χ4n) is 3.42. The van der Waals surface area contributed by atoms with Crippen LogP contribution in [-0.4, -0.2) is 11.4 Å². The number of ketones is 1. The van der Waals surface area contributed by atoms with Crippen molar-refractivity contribution < 1.29 is 14.3 Å². The molecule has 25 heavy (non-hydrogen) atoms. The highest BCUT2D eigenvalue weighted by Gasteiger charge is 2.33. The van der Waals surface area contributed by atoms with E-state index in [-0.39, 0.29) is 11.4 Å². The lowest BCUT2D eigenvalue weighted by Gasteiger charge is -2.35. The molecule has 132 valence electrons. The first-order chi connectivity index (χ1) is 11.8. The quantitative estimate of drug-likeness (QED) is 0.720. The molecule has 3 heteroatoms. The Kier molecular flexibility index (Phi) is 4.59. The molecule has 0 aromatic heterocycles. The van der Waals surface area contributed by atoms with E-state index in [9.17, 15) is 4.79 Å². The molecule has 0 atom stereocenters. The predicted molar refractivity (Wildman–Crippen MR) is 99.7 cm³/mol. The molecular formula is C22H26O3. The number of Topliss-reactive ketones (excluding diaryl/α,β-unsaturated/α-hetero) is 1. The van der Waals surface area contributed by atoms with E-state index in [1.54, 1.807) is 6.92 Å². The van der Waals surface area contributed by atoms with Gasteiger partial charge in [0, 0.05) is 5.56 Å². The van der Waals surface area contributed by atoms with Crippen molar-refractivity contribution >= 4 is 5.78 Å². The lowest BCUT2D eigenvalue weighted by molar-refractivity contribution is 0.0816. The van der Waals surface area contributed by atoms with Crippen LogP contribution in [0.5, 0.6) is 11.5 Å². The molecule has 0 bridgehead atoms. The fraction of sp³-hybridized carbons (Fsp3) is 0.409. The summed E-state index contributed by atoms with van der Waals surface area (Å²) in [6.07, 6.45) is 1.72. The Bertz CT molecular complexity index is 804. The van der Waals surface area contributed by atoms with Gasteiger partial charge in [0.25, 0.3) is 0 Å². The highest BCUT2D eigenvalue weighted by atomic mass is 16.5. The van der Waals surface area contributed by atoms with Crippen molar-refractivity contribution in [3.63, 3.8) is 0 Å². The predicted octanol–water partition coefficient (Wildman–Crippen LogP) is 5.19. The van der Waals surface area contributed by atoms with Crippen molar-refractivity contribution in [3.8, 4) is 11.5 Å². The zero-order valence-electron chi connectivity index (χ0n) is 15.7. The van der Waals surface area contributed by atoms with E-state index in [2.05, 4.69) is 20.8 Å². The smallest absolute Gasteiger partial charge is 0.163 e. The van der Waals surface area contributed by atoms with Gasteiger partial charge in [0.1, 0.15) is 23.7 Å². The first-order valence-corrected chi connectivity index (χ1v) is 8.83. The Morgan fingerprint density at radius 1 is 1.16 bits per heavy atom. The Morgan fingerprint density at radius 3 is 2.48 bits per heavy atom. The van der Waals surface area contributed by atoms with E-state index in [0.29, 0.717) is 17.9 Å². The Morgan fingerprint density at radius 2 is 1.84 bits per heavy atom. The van der Waals surface area contributed by atoms with Crippen LogP contribution in [0.25, 0.3) is 0 Å². The number of ether oxygens (including phenoxy) is 2. The molecule has 2 aromatic carbocycles. The van der Waals surface area contributed by atoms with Crippen LogP contribution in [0.3, 0.4) is 0 Å². The van der Waals surface area contributed by atoms with Gasteiger partial charge in [-0.25, -0.2) is 0 Å². The summed E-state index contributed by atoms with van der Waals surface area (Å²) >= 11 is 0. The molecule has 3 rings (SSSR count). The van der Waals surface area contributed by atoms with Crippen LogP contribution in [0.4, 0.5) is 0 Å². The number of benzene rings is 2. The van der Waals surface area contributed by atoms with Crippen molar-refractivity contribution in [2.75, 3.05) is 0 Å². The van der Waals surface area contributed by atoms with Gasteiger partial charge in [0.05, 0.1) is 5.56 Å². The van der Waals surface area contributed by atoms with Gasteiger partial charge in [-0.15, -0.1) is 0 Å². The highest BCUT2D eigenvalue weighted by Crippen LogP contribution is 2.44. The maximum atomic E-state index is 12.4. The minimum Gasteiger partial charge on any atom is -0.488 e. The van der Waals surface area contributed by atoms with Crippen molar-refractivity contribution in [2.24, 2.45) is 0 Å². The molecule has 1 aliphatic heterocycles. The second-order valence-electron chi connectivity index (χ2n) is 7.45. The molecule has 0 radical (unpaired) electrons. The van der Waals surface area contributed by atoms with Gasteiger partial charge in [-0.3, -0.25) is 4.79 Å². The molecule has 0 amide bonds. The number of carbonyl (C=O) groups is 1. The summed E-state index contributed by atoms with van der Waals surface area (Å²) < 4.78 is 12.4. The molecule has 1 aliphatic rings. The zero-order valence-corrected chi connectivity index (χ0v) is 15.7. The number of fused-ring (bicyclic) bond motifs is 1. The molecule has 1 heterocycles. The third-order valence-corrected chi connectivity index (χ3v) is 4.98. The second kappa shape index (κ2) is 6.55. The first-order valence-electron chi connectivity index (χ1n) is 8.83. The molecule has 0 spiro atoms. The van der Waals surface area contributed by atoms with Crippen LogP contribution < -0.4 is 9.47 Å². The maximum Gasteiger partial charge on any atom is 0.163 e. The monoisotopic (exact) mass is 338 g/mol. The molecule has 0 unspecified atom stereocenters. The number of carbonyl (C=O) groups excluding carboxylic acids is 1. The summed E-state index contributed by atoms with van der Waals surface area (Å²) in [7, 11) is 0. The molecule has 0 saturated carbocycles. The van der Waals surface area contributed by atoms with Crippen LogP contribution in [0.15, 0.2) is 30.3 Å². The van der Waals surface area contributed by atoms with Gasteiger partial charge < -0.3 is 9.47 Å². The summed E-state index contributed by atoms with van der Waals surface area (Å²) in [6, 6.07) is 10.0. The Balaban J connectivity index is 2.06. The van der Waals surface area contributed by atoms with Crippen LogP contribution in [-0.2, 0) is 13.0 Å². The third kappa shape index (κ3) is 3.41. The average Bonchev–Trinajstić information content (AvgIpc) is 2.57. The summed E-state index contributed by atoms with van der Waals surface area (Å²) in [6.45, 7) is 10.3. The molecule has 0 N–H and O–H groups in total. The highest BCUT2D eigenvalue weighted by molar-refractivity contribution is 6.00. The minimum atomic E-state index is -0.204. The van der Waals surface area contributed by atoms with Crippen molar-refractivity contribution in [1.82, 2.24) is 0 Å². The van der Waals surface area contributed by atoms with Crippen LogP contribution in [0.1, 0.15) is 59.8 Å². The first kappa shape index (κ1) is 17.5. The van der Waals surface area contributed by atoms with Gasteiger partial charge in [-0.2, -0.15) is 0 Å². The molecule has 0 fully saturated rings. The van der Waals surface area contributed by atoms with Gasteiger partial charge in [-0.1, -0.05) is 30.3 Å². The van der Waals surface area contributed by atoms with Gasteiger partial charge >= 0.3 is 0 Å². The summed E-state index contributed by atoms with van der Waals surface area (Å²) in [5.41, 5.74) is 4.62. The number of hydrogen-bond acceptors (Lipinski definition) is 3.